The number of aromatic nitrogens is 2. The van der Waals surface area contributed by atoms with Crippen LogP contribution in [0.1, 0.15) is 16.6 Å². The Morgan fingerprint density at radius 3 is 2.73 bits per heavy atom. The van der Waals surface area contributed by atoms with Gasteiger partial charge in [-0.25, -0.2) is 4.98 Å². The van der Waals surface area contributed by atoms with Crippen molar-refractivity contribution in [1.29, 1.82) is 0 Å². The third kappa shape index (κ3) is 3.06. The number of fused-ring (bicyclic) bond motifs is 1. The zero-order valence-corrected chi connectivity index (χ0v) is 16.4. The molecule has 0 radical (unpaired) electrons. The Morgan fingerprint density at radius 1 is 1.23 bits per heavy atom. The first kappa shape index (κ1) is 17.0. The molecule has 0 amide bonds. The van der Waals surface area contributed by atoms with Crippen molar-refractivity contribution in [2.45, 2.75) is 6.92 Å². The molecule has 4 aromatic rings. The number of pyridine rings is 1. The van der Waals surface area contributed by atoms with Gasteiger partial charge in [0.05, 0.1) is 17.2 Å². The van der Waals surface area contributed by atoms with Crippen LogP contribution in [0.4, 0.5) is 0 Å². The average molecular weight is 427 g/mol. The van der Waals surface area contributed by atoms with E-state index >= 15 is 0 Å². The number of ether oxygens (including phenoxy) is 1. The minimum Gasteiger partial charge on any atom is -0.494 e. The van der Waals surface area contributed by atoms with E-state index in [1.54, 1.807) is 10.8 Å². The fourth-order valence-electron chi connectivity index (χ4n) is 2.88. The topological polar surface area (TPSA) is 44.1 Å². The maximum Gasteiger partial charge on any atom is 0.274 e. The number of thiophene rings is 1. The normalized spacial score (nSPS) is 11.0. The van der Waals surface area contributed by atoms with E-state index in [1.807, 2.05) is 60.8 Å². The Labute approximate surface area is 163 Å². The number of benzene rings is 1. The fraction of sp³-hybridized carbons (Fsp3) is 0.100. The summed E-state index contributed by atoms with van der Waals surface area (Å²) in [6, 6.07) is 15.4. The number of carbonyl (C=O) groups excluding carboxylic acids is 1. The van der Waals surface area contributed by atoms with E-state index in [1.165, 1.54) is 11.3 Å². The summed E-state index contributed by atoms with van der Waals surface area (Å²) in [6.07, 6.45) is 1.71. The summed E-state index contributed by atoms with van der Waals surface area (Å²) < 4.78 is 8.08. The van der Waals surface area contributed by atoms with Crippen LogP contribution in [0.25, 0.3) is 22.3 Å². The summed E-state index contributed by atoms with van der Waals surface area (Å²) in [5, 5.41) is 2.81. The molecule has 0 atom stereocenters. The molecular formula is C20H15BrN2O2S. The minimum absolute atomic E-state index is 0.0753. The van der Waals surface area contributed by atoms with Crippen LogP contribution in [0.5, 0.6) is 5.75 Å². The maximum atomic E-state index is 13.1. The summed E-state index contributed by atoms with van der Waals surface area (Å²) in [5.74, 6) is 0.734. The molecule has 0 bridgehead atoms. The van der Waals surface area contributed by atoms with Gasteiger partial charge in [-0.15, -0.1) is 11.3 Å². The summed E-state index contributed by atoms with van der Waals surface area (Å²) in [4.78, 5) is 18.3. The molecule has 6 heteroatoms. The van der Waals surface area contributed by atoms with Gasteiger partial charge in [-0.1, -0.05) is 6.07 Å². The second-order valence-corrected chi connectivity index (χ2v) is 7.53. The highest BCUT2D eigenvalue weighted by molar-refractivity contribution is 9.10. The van der Waals surface area contributed by atoms with Crippen LogP contribution in [0.15, 0.2) is 64.6 Å². The van der Waals surface area contributed by atoms with Crippen molar-refractivity contribution in [3.05, 3.63) is 69.5 Å². The van der Waals surface area contributed by atoms with Crippen LogP contribution in [-0.4, -0.2) is 22.1 Å². The van der Waals surface area contributed by atoms with Crippen molar-refractivity contribution in [3.8, 4) is 17.0 Å². The molecule has 3 aromatic heterocycles. The highest BCUT2D eigenvalue weighted by Gasteiger charge is 2.20. The third-order valence-corrected chi connectivity index (χ3v) is 5.29. The molecular weight excluding hydrogens is 412 g/mol. The van der Waals surface area contributed by atoms with E-state index in [0.29, 0.717) is 17.1 Å². The number of halogens is 1. The van der Waals surface area contributed by atoms with E-state index in [0.717, 1.165) is 26.9 Å². The summed E-state index contributed by atoms with van der Waals surface area (Å²) >= 11 is 4.88. The standard InChI is InChI=1S/C20H15BrN2O2S/c1-2-25-16-7-5-13(6-8-16)17-11-14-10-15(21)12-22-19(14)23(17)20(24)18-4-3-9-26-18/h3-12H,2H2,1H3. The first-order chi connectivity index (χ1) is 12.7. The van der Waals surface area contributed by atoms with E-state index in [-0.39, 0.29) is 5.91 Å². The lowest BCUT2D eigenvalue weighted by Gasteiger charge is -2.09. The number of hydrogen-bond donors (Lipinski definition) is 0. The second kappa shape index (κ2) is 7.05. The van der Waals surface area contributed by atoms with E-state index < -0.39 is 0 Å². The highest BCUT2D eigenvalue weighted by Crippen LogP contribution is 2.31. The third-order valence-electron chi connectivity index (χ3n) is 4.00. The van der Waals surface area contributed by atoms with Gasteiger partial charge in [-0.05, 0) is 76.3 Å². The molecule has 1 aromatic carbocycles. The molecule has 0 spiro atoms. The molecule has 0 fully saturated rings. The lowest BCUT2D eigenvalue weighted by Crippen LogP contribution is -2.12. The van der Waals surface area contributed by atoms with Crippen LogP contribution >= 0.6 is 27.3 Å². The fourth-order valence-corrected chi connectivity index (χ4v) is 3.89. The Hall–Kier alpha value is -2.44. The van der Waals surface area contributed by atoms with E-state index in [2.05, 4.69) is 20.9 Å². The molecule has 0 aliphatic heterocycles. The summed E-state index contributed by atoms with van der Waals surface area (Å²) in [6.45, 7) is 2.57. The van der Waals surface area contributed by atoms with Crippen molar-refractivity contribution in [1.82, 2.24) is 9.55 Å². The lowest BCUT2D eigenvalue weighted by molar-refractivity contribution is 0.0970. The molecule has 0 aliphatic rings. The van der Waals surface area contributed by atoms with Crippen LogP contribution in [0.3, 0.4) is 0 Å². The average Bonchev–Trinajstić information content (AvgIpc) is 3.29. The first-order valence-electron chi connectivity index (χ1n) is 8.16. The SMILES string of the molecule is CCOc1ccc(-c2cc3cc(Br)cnc3n2C(=O)c2cccs2)cc1. The van der Waals surface area contributed by atoms with Crippen LogP contribution in [0.2, 0.25) is 0 Å². The predicted octanol–water partition coefficient (Wildman–Crippen LogP) is 5.61. The number of nitrogens with zero attached hydrogens (tertiary/aromatic N) is 2. The van der Waals surface area contributed by atoms with Gasteiger partial charge in [-0.3, -0.25) is 9.36 Å². The Bertz CT molecular complexity index is 1070. The van der Waals surface area contributed by atoms with Gasteiger partial charge in [0.2, 0.25) is 0 Å². The van der Waals surface area contributed by atoms with Crippen molar-refractivity contribution in [3.63, 3.8) is 0 Å². The molecule has 130 valence electrons. The molecule has 0 saturated heterocycles. The van der Waals surface area contributed by atoms with Gasteiger partial charge in [0.15, 0.2) is 0 Å². The van der Waals surface area contributed by atoms with Gasteiger partial charge >= 0.3 is 0 Å². The maximum absolute atomic E-state index is 13.1. The monoisotopic (exact) mass is 426 g/mol. The number of hydrogen-bond acceptors (Lipinski definition) is 4. The molecule has 4 nitrogen and oxygen atoms in total. The van der Waals surface area contributed by atoms with Gasteiger partial charge in [0.1, 0.15) is 11.4 Å². The molecule has 0 unspecified atom stereocenters. The van der Waals surface area contributed by atoms with Crippen LogP contribution in [0, 0.1) is 0 Å². The first-order valence-corrected chi connectivity index (χ1v) is 9.83. The van der Waals surface area contributed by atoms with E-state index in [4.69, 9.17) is 4.74 Å². The Balaban J connectivity index is 1.90. The largest absolute Gasteiger partial charge is 0.494 e. The molecule has 26 heavy (non-hydrogen) atoms. The van der Waals surface area contributed by atoms with Gasteiger partial charge in [0.25, 0.3) is 5.91 Å². The van der Waals surface area contributed by atoms with Gasteiger partial charge in [-0.2, -0.15) is 0 Å². The zero-order chi connectivity index (χ0) is 18.1. The molecule has 0 N–H and O–H groups in total. The summed E-state index contributed by atoms with van der Waals surface area (Å²) in [7, 11) is 0. The smallest absolute Gasteiger partial charge is 0.274 e. The molecule has 0 aliphatic carbocycles. The van der Waals surface area contributed by atoms with Crippen LogP contribution < -0.4 is 4.74 Å². The van der Waals surface area contributed by atoms with Gasteiger partial charge < -0.3 is 4.74 Å². The molecule has 0 saturated carbocycles. The molecule has 3 heterocycles. The van der Waals surface area contributed by atoms with Crippen molar-refractivity contribution in [2.75, 3.05) is 6.61 Å². The lowest BCUT2D eigenvalue weighted by atomic mass is 10.1. The number of carbonyl (C=O) groups is 1. The predicted molar refractivity (Wildman–Crippen MR) is 108 cm³/mol. The highest BCUT2D eigenvalue weighted by atomic mass is 79.9. The van der Waals surface area contributed by atoms with Crippen LogP contribution in [-0.2, 0) is 0 Å². The Kier molecular flexibility index (Phi) is 4.61. The Morgan fingerprint density at radius 2 is 2.04 bits per heavy atom. The van der Waals surface area contributed by atoms with Crippen molar-refractivity contribution < 1.29 is 9.53 Å². The zero-order valence-electron chi connectivity index (χ0n) is 14.0. The quantitative estimate of drug-likeness (QED) is 0.425. The van der Waals surface area contributed by atoms with Gasteiger partial charge in [0, 0.05) is 16.1 Å². The molecule has 4 rings (SSSR count). The minimum atomic E-state index is -0.0753. The van der Waals surface area contributed by atoms with E-state index in [9.17, 15) is 4.79 Å². The second-order valence-electron chi connectivity index (χ2n) is 5.67. The summed E-state index contributed by atoms with van der Waals surface area (Å²) in [5.41, 5.74) is 2.40. The number of rotatable bonds is 4. The van der Waals surface area contributed by atoms with Crippen molar-refractivity contribution in [2.24, 2.45) is 0 Å². The van der Waals surface area contributed by atoms with Crippen molar-refractivity contribution >= 4 is 44.2 Å².